The highest BCUT2D eigenvalue weighted by Gasteiger charge is 2.31. The van der Waals surface area contributed by atoms with Crippen LogP contribution in [0.5, 0.6) is 11.5 Å². The second kappa shape index (κ2) is 6.12. The monoisotopic (exact) mass is 310 g/mol. The minimum absolute atomic E-state index is 0.128. The smallest absolute Gasteiger partial charge is 0.240 e. The summed E-state index contributed by atoms with van der Waals surface area (Å²) < 4.78 is 5.25. The first-order valence-corrected chi connectivity index (χ1v) is 7.39. The van der Waals surface area contributed by atoms with Crippen molar-refractivity contribution in [1.29, 1.82) is 0 Å². The Hall–Kier alpha value is -2.82. The van der Waals surface area contributed by atoms with Crippen molar-refractivity contribution >= 4 is 11.6 Å². The SMILES string of the molecule is COc1cccc(C2=NN(C(C)=O)C(c3cccc(O)c3)C2)c1. The van der Waals surface area contributed by atoms with Gasteiger partial charge in [0.25, 0.3) is 0 Å². The summed E-state index contributed by atoms with van der Waals surface area (Å²) in [5, 5.41) is 15.7. The largest absolute Gasteiger partial charge is 0.508 e. The Bertz CT molecular complexity index is 770. The summed E-state index contributed by atoms with van der Waals surface area (Å²) in [5.74, 6) is 0.803. The van der Waals surface area contributed by atoms with Crippen molar-refractivity contribution in [3.05, 3.63) is 59.7 Å². The Kier molecular flexibility index (Phi) is 4.02. The number of rotatable bonds is 3. The molecule has 5 nitrogen and oxygen atoms in total. The molecule has 2 aromatic rings. The Morgan fingerprint density at radius 1 is 1.26 bits per heavy atom. The molecule has 118 valence electrons. The molecule has 1 aliphatic rings. The maximum atomic E-state index is 11.9. The van der Waals surface area contributed by atoms with Crippen LogP contribution in [-0.2, 0) is 4.79 Å². The van der Waals surface area contributed by atoms with E-state index in [1.165, 1.54) is 11.9 Å². The van der Waals surface area contributed by atoms with E-state index >= 15 is 0 Å². The molecular weight excluding hydrogens is 292 g/mol. The van der Waals surface area contributed by atoms with Gasteiger partial charge in [0, 0.05) is 18.9 Å². The molecule has 0 fully saturated rings. The summed E-state index contributed by atoms with van der Waals surface area (Å²) in [5.41, 5.74) is 2.62. The molecule has 0 saturated carbocycles. The third-order valence-corrected chi connectivity index (χ3v) is 3.89. The highest BCUT2D eigenvalue weighted by molar-refractivity contribution is 6.03. The number of methoxy groups -OCH3 is 1. The number of nitrogens with zero attached hydrogens (tertiary/aromatic N) is 2. The lowest BCUT2D eigenvalue weighted by atomic mass is 9.98. The minimum atomic E-state index is -0.208. The fourth-order valence-corrected chi connectivity index (χ4v) is 2.77. The van der Waals surface area contributed by atoms with Gasteiger partial charge in [0.05, 0.1) is 18.9 Å². The second-order valence-electron chi connectivity index (χ2n) is 5.46. The zero-order chi connectivity index (χ0) is 16.4. The molecule has 0 radical (unpaired) electrons. The number of benzene rings is 2. The maximum Gasteiger partial charge on any atom is 0.240 e. The normalized spacial score (nSPS) is 17.0. The number of hydrazone groups is 1. The van der Waals surface area contributed by atoms with Crippen LogP contribution in [0.25, 0.3) is 0 Å². The van der Waals surface area contributed by atoms with Crippen LogP contribution < -0.4 is 4.74 Å². The van der Waals surface area contributed by atoms with E-state index in [1.54, 1.807) is 25.3 Å². The molecule has 1 amide bonds. The number of hydrogen-bond acceptors (Lipinski definition) is 4. The number of amides is 1. The minimum Gasteiger partial charge on any atom is -0.508 e. The number of aromatic hydroxyl groups is 1. The first kappa shape index (κ1) is 15.1. The predicted molar refractivity (Wildman–Crippen MR) is 87.5 cm³/mol. The number of phenols is 1. The highest BCUT2D eigenvalue weighted by Crippen LogP contribution is 2.34. The number of carbonyl (C=O) groups is 1. The van der Waals surface area contributed by atoms with Crippen molar-refractivity contribution < 1.29 is 14.6 Å². The number of phenolic OH excluding ortho intramolecular Hbond substituents is 1. The molecule has 0 aromatic heterocycles. The average molecular weight is 310 g/mol. The van der Waals surface area contributed by atoms with Gasteiger partial charge < -0.3 is 9.84 Å². The van der Waals surface area contributed by atoms with Crippen LogP contribution in [0.2, 0.25) is 0 Å². The quantitative estimate of drug-likeness (QED) is 0.947. The molecule has 0 spiro atoms. The van der Waals surface area contributed by atoms with Crippen LogP contribution in [0.15, 0.2) is 53.6 Å². The summed E-state index contributed by atoms with van der Waals surface area (Å²) in [7, 11) is 1.62. The van der Waals surface area contributed by atoms with Gasteiger partial charge in [-0.15, -0.1) is 0 Å². The molecule has 1 unspecified atom stereocenters. The van der Waals surface area contributed by atoms with E-state index < -0.39 is 0 Å². The molecule has 1 N–H and O–H groups in total. The third kappa shape index (κ3) is 3.04. The molecular formula is C18H18N2O3. The number of carbonyl (C=O) groups excluding carboxylic acids is 1. The van der Waals surface area contributed by atoms with E-state index in [-0.39, 0.29) is 17.7 Å². The van der Waals surface area contributed by atoms with Crippen molar-refractivity contribution in [1.82, 2.24) is 5.01 Å². The van der Waals surface area contributed by atoms with Gasteiger partial charge in [0.2, 0.25) is 5.91 Å². The zero-order valence-electron chi connectivity index (χ0n) is 13.1. The van der Waals surface area contributed by atoms with E-state index in [0.29, 0.717) is 6.42 Å². The molecule has 1 heterocycles. The Balaban J connectivity index is 1.95. The van der Waals surface area contributed by atoms with Crippen LogP contribution in [0.1, 0.15) is 30.5 Å². The molecule has 0 bridgehead atoms. The Labute approximate surface area is 134 Å². The van der Waals surface area contributed by atoms with Crippen LogP contribution in [0.4, 0.5) is 0 Å². The lowest BCUT2D eigenvalue weighted by Gasteiger charge is -2.20. The second-order valence-corrected chi connectivity index (χ2v) is 5.46. The van der Waals surface area contributed by atoms with E-state index in [4.69, 9.17) is 4.74 Å². The van der Waals surface area contributed by atoms with Gasteiger partial charge in [-0.25, -0.2) is 5.01 Å². The molecule has 2 aromatic carbocycles. The zero-order valence-corrected chi connectivity index (χ0v) is 13.1. The molecule has 1 aliphatic heterocycles. The highest BCUT2D eigenvalue weighted by atomic mass is 16.5. The van der Waals surface area contributed by atoms with E-state index in [1.807, 2.05) is 30.3 Å². The molecule has 0 saturated heterocycles. The van der Waals surface area contributed by atoms with E-state index in [0.717, 1.165) is 22.6 Å². The van der Waals surface area contributed by atoms with Crippen LogP contribution in [0, 0.1) is 0 Å². The van der Waals surface area contributed by atoms with Crippen LogP contribution in [0.3, 0.4) is 0 Å². The fraction of sp³-hybridized carbons (Fsp3) is 0.222. The standard InChI is InChI=1S/C18H18N2O3/c1-12(21)20-18(14-6-3-7-15(22)9-14)11-17(19-20)13-5-4-8-16(10-13)23-2/h3-10,18,22H,11H2,1-2H3. The van der Waals surface area contributed by atoms with Crippen molar-refractivity contribution in [2.45, 2.75) is 19.4 Å². The Morgan fingerprint density at radius 2 is 2.04 bits per heavy atom. The summed E-state index contributed by atoms with van der Waals surface area (Å²) in [6.07, 6.45) is 0.593. The Morgan fingerprint density at radius 3 is 2.74 bits per heavy atom. The summed E-state index contributed by atoms with van der Waals surface area (Å²) in [4.78, 5) is 11.9. The van der Waals surface area contributed by atoms with Gasteiger partial charge in [-0.3, -0.25) is 4.79 Å². The molecule has 23 heavy (non-hydrogen) atoms. The van der Waals surface area contributed by atoms with E-state index in [9.17, 15) is 9.90 Å². The average Bonchev–Trinajstić information content (AvgIpc) is 3.00. The number of hydrogen-bond donors (Lipinski definition) is 1. The third-order valence-electron chi connectivity index (χ3n) is 3.89. The summed E-state index contributed by atoms with van der Waals surface area (Å²) in [6.45, 7) is 1.49. The lowest BCUT2D eigenvalue weighted by Crippen LogP contribution is -2.24. The molecule has 0 aliphatic carbocycles. The van der Waals surface area contributed by atoms with Gasteiger partial charge in [0.15, 0.2) is 0 Å². The molecule has 3 rings (SSSR count). The van der Waals surface area contributed by atoms with Crippen molar-refractivity contribution in [3.63, 3.8) is 0 Å². The fourth-order valence-electron chi connectivity index (χ4n) is 2.77. The van der Waals surface area contributed by atoms with Crippen LogP contribution in [-0.4, -0.2) is 28.8 Å². The van der Waals surface area contributed by atoms with Crippen molar-refractivity contribution in [3.8, 4) is 11.5 Å². The first-order valence-electron chi connectivity index (χ1n) is 7.39. The number of ether oxygens (including phenoxy) is 1. The topological polar surface area (TPSA) is 62.1 Å². The van der Waals surface area contributed by atoms with Crippen LogP contribution >= 0.6 is 0 Å². The van der Waals surface area contributed by atoms with Gasteiger partial charge in [-0.2, -0.15) is 5.10 Å². The predicted octanol–water partition coefficient (Wildman–Crippen LogP) is 3.10. The van der Waals surface area contributed by atoms with Crippen molar-refractivity contribution in [2.75, 3.05) is 7.11 Å². The summed E-state index contributed by atoms with van der Waals surface area (Å²) >= 11 is 0. The summed E-state index contributed by atoms with van der Waals surface area (Å²) in [6, 6.07) is 14.4. The van der Waals surface area contributed by atoms with Crippen molar-refractivity contribution in [2.24, 2.45) is 5.10 Å². The maximum absolute atomic E-state index is 11.9. The van der Waals surface area contributed by atoms with Gasteiger partial charge >= 0.3 is 0 Å². The first-order chi connectivity index (χ1) is 11.1. The molecule has 1 atom stereocenters. The van der Waals surface area contributed by atoms with Gasteiger partial charge in [0.1, 0.15) is 11.5 Å². The van der Waals surface area contributed by atoms with Gasteiger partial charge in [-0.05, 0) is 29.8 Å². The molecule has 5 heteroatoms. The lowest BCUT2D eigenvalue weighted by molar-refractivity contribution is -0.130. The van der Waals surface area contributed by atoms with Gasteiger partial charge in [-0.1, -0.05) is 24.3 Å². The van der Waals surface area contributed by atoms with E-state index in [2.05, 4.69) is 5.10 Å².